The quantitative estimate of drug-likeness (QED) is 0.346. The molecular formula is C13H20NOPS. The second kappa shape index (κ2) is 6.53. The maximum Gasteiger partial charge on any atom is 0.140 e. The van der Waals surface area contributed by atoms with Crippen molar-refractivity contribution in [2.24, 2.45) is 0 Å². The van der Waals surface area contributed by atoms with E-state index in [0.717, 1.165) is 47.8 Å². The Kier molecular flexibility index (Phi) is 5.64. The highest BCUT2D eigenvalue weighted by atomic mass is 32.2. The third kappa shape index (κ3) is 4.42. The Balaban J connectivity index is 2.66. The zero-order valence-electron chi connectivity index (χ0n) is 10.3. The molecule has 0 saturated heterocycles. The van der Waals surface area contributed by atoms with E-state index in [4.69, 9.17) is 0 Å². The molecule has 1 N–H and O–H groups in total. The van der Waals surface area contributed by atoms with Gasteiger partial charge in [0, 0.05) is 4.91 Å². The van der Waals surface area contributed by atoms with Crippen LogP contribution in [-0.2, 0) is 4.79 Å². The molecule has 0 radical (unpaired) electrons. The lowest BCUT2D eigenvalue weighted by atomic mass is 10.0. The smallest absolute Gasteiger partial charge is 0.140 e. The summed E-state index contributed by atoms with van der Waals surface area (Å²) in [6.45, 7) is 9.72. The molecule has 0 aromatic carbocycles. The lowest BCUT2D eigenvalue weighted by molar-refractivity contribution is -0.112. The van der Waals surface area contributed by atoms with E-state index in [0.29, 0.717) is 0 Å². The molecule has 1 rings (SSSR count). The first kappa shape index (κ1) is 14.7. The van der Waals surface area contributed by atoms with Crippen molar-refractivity contribution in [1.29, 1.82) is 0 Å². The molecular weight excluding hydrogens is 249 g/mol. The summed E-state index contributed by atoms with van der Waals surface area (Å²) in [5.74, 6) is 0. The summed E-state index contributed by atoms with van der Waals surface area (Å²) in [4.78, 5) is 12.2. The Hall–Kier alpha value is -0.370. The van der Waals surface area contributed by atoms with Crippen molar-refractivity contribution in [2.45, 2.75) is 38.1 Å². The van der Waals surface area contributed by atoms with Crippen LogP contribution in [0.15, 0.2) is 35.0 Å². The van der Waals surface area contributed by atoms with Crippen LogP contribution >= 0.6 is 21.2 Å². The van der Waals surface area contributed by atoms with Crippen molar-refractivity contribution in [3.8, 4) is 0 Å². The average molecular weight is 269 g/mol. The second-order valence-electron chi connectivity index (χ2n) is 4.55. The van der Waals surface area contributed by atoms with Crippen LogP contribution in [0.25, 0.3) is 0 Å². The first-order chi connectivity index (χ1) is 7.99. The fourth-order valence-electron chi connectivity index (χ4n) is 1.81. The molecule has 4 heteroatoms. The predicted molar refractivity (Wildman–Crippen MR) is 79.7 cm³/mol. The van der Waals surface area contributed by atoms with Crippen molar-refractivity contribution < 1.29 is 4.79 Å². The third-order valence-corrected chi connectivity index (χ3v) is 4.18. The summed E-state index contributed by atoms with van der Waals surface area (Å²) in [5.41, 5.74) is 0.631. The molecule has 1 aliphatic carbocycles. The van der Waals surface area contributed by atoms with Crippen LogP contribution in [0.1, 0.15) is 32.6 Å². The molecule has 0 bridgehead atoms. The van der Waals surface area contributed by atoms with Gasteiger partial charge >= 0.3 is 0 Å². The topological polar surface area (TPSA) is 29.1 Å². The maximum atomic E-state index is 11.2. The molecule has 1 unspecified atom stereocenters. The van der Waals surface area contributed by atoms with Gasteiger partial charge in [-0.25, -0.2) is 4.72 Å². The van der Waals surface area contributed by atoms with Crippen LogP contribution in [0.3, 0.4) is 0 Å². The molecule has 17 heavy (non-hydrogen) atoms. The molecule has 1 atom stereocenters. The zero-order chi connectivity index (χ0) is 12.9. The van der Waals surface area contributed by atoms with E-state index in [1.54, 1.807) is 0 Å². The summed E-state index contributed by atoms with van der Waals surface area (Å²) in [7, 11) is 2.55. The SMILES string of the molecule is C=C(P)/C=C(/SNC1(C=O)CCCC1)C(=C)C. The van der Waals surface area contributed by atoms with E-state index in [9.17, 15) is 4.79 Å². The van der Waals surface area contributed by atoms with Crippen LogP contribution in [0.5, 0.6) is 0 Å². The highest BCUT2D eigenvalue weighted by Gasteiger charge is 2.33. The fourth-order valence-corrected chi connectivity index (χ4v) is 3.05. The number of carbonyl (C=O) groups is 1. The first-order valence-electron chi connectivity index (χ1n) is 5.71. The van der Waals surface area contributed by atoms with E-state index in [2.05, 4.69) is 27.1 Å². The normalized spacial score (nSPS) is 19.1. The highest BCUT2D eigenvalue weighted by Crippen LogP contribution is 2.32. The number of hydrogen-bond donors (Lipinski definition) is 1. The lowest BCUT2D eigenvalue weighted by Gasteiger charge is -2.23. The van der Waals surface area contributed by atoms with E-state index in [1.807, 2.05) is 13.0 Å². The third-order valence-electron chi connectivity index (χ3n) is 2.82. The summed E-state index contributed by atoms with van der Waals surface area (Å²) in [6.07, 6.45) is 7.10. The number of aldehydes is 1. The highest BCUT2D eigenvalue weighted by molar-refractivity contribution is 8.01. The van der Waals surface area contributed by atoms with Gasteiger partial charge in [-0.3, -0.25) is 0 Å². The zero-order valence-corrected chi connectivity index (χ0v) is 12.3. The minimum Gasteiger partial charge on any atom is -0.301 e. The Labute approximate surface area is 110 Å². The Morgan fingerprint density at radius 2 is 2.00 bits per heavy atom. The molecule has 0 aromatic rings. The van der Waals surface area contributed by atoms with Crippen molar-refractivity contribution >= 4 is 27.5 Å². The Bertz CT molecular complexity index is 356. The van der Waals surface area contributed by atoms with E-state index in [-0.39, 0.29) is 5.54 Å². The molecule has 2 nitrogen and oxygen atoms in total. The fraction of sp³-hybridized carbons (Fsp3) is 0.462. The van der Waals surface area contributed by atoms with E-state index < -0.39 is 0 Å². The van der Waals surface area contributed by atoms with Crippen LogP contribution < -0.4 is 4.72 Å². The summed E-state index contributed by atoms with van der Waals surface area (Å²) < 4.78 is 3.30. The van der Waals surface area contributed by atoms with Crippen LogP contribution in [0.2, 0.25) is 0 Å². The van der Waals surface area contributed by atoms with Gasteiger partial charge in [-0.2, -0.15) is 0 Å². The average Bonchev–Trinajstić information content (AvgIpc) is 2.73. The number of carbonyl (C=O) groups excluding carboxylic acids is 1. The number of allylic oxidation sites excluding steroid dienone is 3. The molecule has 0 aromatic heterocycles. The molecule has 1 saturated carbocycles. The van der Waals surface area contributed by atoms with Gasteiger partial charge in [0.15, 0.2) is 0 Å². The Morgan fingerprint density at radius 1 is 1.41 bits per heavy atom. The van der Waals surface area contributed by atoms with Gasteiger partial charge in [-0.15, -0.1) is 9.24 Å². The number of hydrogen-bond acceptors (Lipinski definition) is 3. The van der Waals surface area contributed by atoms with E-state index in [1.165, 1.54) is 11.9 Å². The van der Waals surface area contributed by atoms with Crippen molar-refractivity contribution in [2.75, 3.05) is 0 Å². The molecule has 1 aliphatic rings. The van der Waals surface area contributed by atoms with Gasteiger partial charge in [0.05, 0.1) is 5.54 Å². The van der Waals surface area contributed by atoms with Crippen LogP contribution in [0.4, 0.5) is 0 Å². The second-order valence-corrected chi connectivity index (χ2v) is 6.14. The monoisotopic (exact) mass is 269 g/mol. The number of nitrogens with one attached hydrogen (secondary N) is 1. The molecule has 0 heterocycles. The molecule has 94 valence electrons. The minimum atomic E-state index is -0.346. The lowest BCUT2D eigenvalue weighted by Crippen LogP contribution is -2.40. The largest absolute Gasteiger partial charge is 0.301 e. The van der Waals surface area contributed by atoms with Gasteiger partial charge < -0.3 is 4.79 Å². The molecule has 0 aliphatic heterocycles. The van der Waals surface area contributed by atoms with Gasteiger partial charge in [0.2, 0.25) is 0 Å². The minimum absolute atomic E-state index is 0.346. The summed E-state index contributed by atoms with van der Waals surface area (Å²) >= 11 is 1.48. The van der Waals surface area contributed by atoms with Gasteiger partial charge in [0.25, 0.3) is 0 Å². The molecule has 0 spiro atoms. The van der Waals surface area contributed by atoms with E-state index >= 15 is 0 Å². The molecule has 1 fully saturated rings. The summed E-state index contributed by atoms with van der Waals surface area (Å²) in [6, 6.07) is 0. The predicted octanol–water partition coefficient (Wildman–Crippen LogP) is 3.58. The van der Waals surface area contributed by atoms with Crippen LogP contribution in [0, 0.1) is 0 Å². The maximum absolute atomic E-state index is 11.2. The van der Waals surface area contributed by atoms with Gasteiger partial charge in [-0.1, -0.05) is 26.0 Å². The standard InChI is InChI=1S/C13H20NOPS/c1-10(2)12(8-11(3)16)17-14-13(9-15)6-4-5-7-13/h8-9,14H,1,3-7,16H2,2H3/b12-8+. The number of rotatable bonds is 6. The van der Waals surface area contributed by atoms with Gasteiger partial charge in [0.1, 0.15) is 6.29 Å². The van der Waals surface area contributed by atoms with Crippen molar-refractivity contribution in [3.05, 3.63) is 35.0 Å². The van der Waals surface area contributed by atoms with Crippen molar-refractivity contribution in [1.82, 2.24) is 4.72 Å². The Morgan fingerprint density at radius 3 is 2.41 bits per heavy atom. The van der Waals surface area contributed by atoms with Crippen molar-refractivity contribution in [3.63, 3.8) is 0 Å². The summed E-state index contributed by atoms with van der Waals surface area (Å²) in [5, 5.41) is 0.906. The van der Waals surface area contributed by atoms with Gasteiger partial charge in [-0.05, 0) is 48.7 Å². The van der Waals surface area contributed by atoms with Crippen LogP contribution in [-0.4, -0.2) is 11.8 Å². The molecule has 0 amide bonds. The first-order valence-corrected chi connectivity index (χ1v) is 7.11.